The van der Waals surface area contributed by atoms with E-state index >= 15 is 0 Å². The predicted octanol–water partition coefficient (Wildman–Crippen LogP) is 1.18. The monoisotopic (exact) mass is 158 g/mol. The summed E-state index contributed by atoms with van der Waals surface area (Å²) in [6.07, 6.45) is 1.82. The number of hydrogen-bond acceptors (Lipinski definition) is 2. The van der Waals surface area contributed by atoms with E-state index in [1.807, 2.05) is 6.92 Å². The van der Waals surface area contributed by atoms with Crippen molar-refractivity contribution in [1.82, 2.24) is 0 Å². The fourth-order valence-corrected chi connectivity index (χ4v) is 0.705. The van der Waals surface area contributed by atoms with E-state index in [2.05, 4.69) is 11.9 Å². The zero-order valence-corrected chi connectivity index (χ0v) is 7.47. The maximum Gasteiger partial charge on any atom is 0.0960 e. The van der Waals surface area contributed by atoms with E-state index in [1.54, 1.807) is 0 Å². The molecule has 3 nitrogen and oxygen atoms in total. The molecule has 0 amide bonds. The Morgan fingerprint density at radius 2 is 2.09 bits per heavy atom. The van der Waals surface area contributed by atoms with Crippen molar-refractivity contribution in [3.8, 4) is 0 Å². The number of rotatable bonds is 6. The Morgan fingerprint density at radius 1 is 1.36 bits per heavy atom. The van der Waals surface area contributed by atoms with Gasteiger partial charge in [-0.3, -0.25) is 4.99 Å². The van der Waals surface area contributed by atoms with Gasteiger partial charge in [-0.15, -0.1) is 0 Å². The van der Waals surface area contributed by atoms with Gasteiger partial charge in [0.25, 0.3) is 0 Å². The fraction of sp³-hybridized carbons (Fsp3) is 0.875. The lowest BCUT2D eigenvalue weighted by molar-refractivity contribution is 0.141. The van der Waals surface area contributed by atoms with Crippen molar-refractivity contribution in [3.05, 3.63) is 0 Å². The molecular weight excluding hydrogens is 140 g/mol. The van der Waals surface area contributed by atoms with Gasteiger partial charge in [-0.25, -0.2) is 0 Å². The van der Waals surface area contributed by atoms with Crippen LogP contribution in [0.5, 0.6) is 0 Å². The van der Waals surface area contributed by atoms with Crippen LogP contribution in [0.1, 0.15) is 26.7 Å². The van der Waals surface area contributed by atoms with Crippen LogP contribution in [-0.2, 0) is 4.74 Å². The molecule has 0 fully saturated rings. The minimum Gasteiger partial charge on any atom is -0.387 e. The molecule has 11 heavy (non-hydrogen) atoms. The van der Waals surface area contributed by atoms with E-state index in [0.29, 0.717) is 12.4 Å². The average Bonchev–Trinajstić information content (AvgIpc) is 1.99. The predicted molar refractivity (Wildman–Crippen MR) is 47.9 cm³/mol. The Balaban J connectivity index is 3.17. The second-order valence-electron chi connectivity index (χ2n) is 2.33. The highest BCUT2D eigenvalue weighted by Gasteiger charge is 1.90. The molecule has 0 bridgehead atoms. The van der Waals surface area contributed by atoms with E-state index in [0.717, 1.165) is 26.0 Å². The summed E-state index contributed by atoms with van der Waals surface area (Å²) in [5, 5.41) is 0. The third-order valence-electron chi connectivity index (χ3n) is 1.21. The third-order valence-corrected chi connectivity index (χ3v) is 1.21. The Kier molecular flexibility index (Phi) is 7.15. The number of amidine groups is 1. The molecule has 0 aliphatic rings. The van der Waals surface area contributed by atoms with Gasteiger partial charge in [-0.2, -0.15) is 0 Å². The standard InChI is InChI=1S/C8H18N2O/c1-3-6-11-7-5-8(9)10-4-2/h3-7H2,1-2H3,(H2,9,10). The smallest absolute Gasteiger partial charge is 0.0960 e. The maximum atomic E-state index is 5.54. The SMILES string of the molecule is CCCOCCC(N)=NCC. The van der Waals surface area contributed by atoms with Crippen molar-refractivity contribution in [1.29, 1.82) is 0 Å². The molecule has 0 aromatic rings. The molecule has 3 heteroatoms. The van der Waals surface area contributed by atoms with Crippen molar-refractivity contribution in [2.24, 2.45) is 10.7 Å². The fourth-order valence-electron chi connectivity index (χ4n) is 0.705. The Morgan fingerprint density at radius 3 is 2.64 bits per heavy atom. The second kappa shape index (κ2) is 7.54. The Labute approximate surface area is 68.6 Å². The molecule has 0 aromatic heterocycles. The summed E-state index contributed by atoms with van der Waals surface area (Å²) in [7, 11) is 0. The van der Waals surface area contributed by atoms with Crippen molar-refractivity contribution < 1.29 is 4.74 Å². The molecule has 0 atom stereocenters. The summed E-state index contributed by atoms with van der Waals surface area (Å²) in [4.78, 5) is 4.04. The van der Waals surface area contributed by atoms with Gasteiger partial charge in [0.1, 0.15) is 0 Å². The highest BCUT2D eigenvalue weighted by atomic mass is 16.5. The first kappa shape index (κ1) is 10.4. The van der Waals surface area contributed by atoms with Crippen LogP contribution in [0.15, 0.2) is 4.99 Å². The quantitative estimate of drug-likeness (QED) is 0.358. The van der Waals surface area contributed by atoms with Crippen LogP contribution in [0.25, 0.3) is 0 Å². The van der Waals surface area contributed by atoms with Gasteiger partial charge >= 0.3 is 0 Å². The van der Waals surface area contributed by atoms with Gasteiger partial charge in [0.15, 0.2) is 0 Å². The molecule has 0 aliphatic heterocycles. The maximum absolute atomic E-state index is 5.54. The highest BCUT2D eigenvalue weighted by molar-refractivity contribution is 5.80. The lowest BCUT2D eigenvalue weighted by atomic mass is 10.4. The second-order valence-corrected chi connectivity index (χ2v) is 2.33. The van der Waals surface area contributed by atoms with Crippen LogP contribution in [-0.4, -0.2) is 25.6 Å². The molecule has 66 valence electrons. The van der Waals surface area contributed by atoms with Crippen molar-refractivity contribution in [2.45, 2.75) is 26.7 Å². The molecule has 0 saturated carbocycles. The van der Waals surface area contributed by atoms with Gasteiger partial charge in [0, 0.05) is 19.6 Å². The van der Waals surface area contributed by atoms with Crippen LogP contribution < -0.4 is 5.73 Å². The minimum atomic E-state index is 0.698. The average molecular weight is 158 g/mol. The summed E-state index contributed by atoms with van der Waals surface area (Å²) < 4.78 is 5.24. The molecular formula is C8H18N2O. The van der Waals surface area contributed by atoms with Crippen LogP contribution in [0.3, 0.4) is 0 Å². The van der Waals surface area contributed by atoms with Gasteiger partial charge in [-0.05, 0) is 13.3 Å². The lowest BCUT2D eigenvalue weighted by Gasteiger charge is -2.01. The molecule has 0 radical (unpaired) electrons. The number of aliphatic imine (C=N–C) groups is 1. The number of hydrogen-bond donors (Lipinski definition) is 1. The van der Waals surface area contributed by atoms with Crippen LogP contribution in [0, 0.1) is 0 Å². The summed E-state index contributed by atoms with van der Waals surface area (Å²) in [5.74, 6) is 0.698. The van der Waals surface area contributed by atoms with E-state index in [1.165, 1.54) is 0 Å². The Bertz CT molecular complexity index is 113. The van der Waals surface area contributed by atoms with E-state index < -0.39 is 0 Å². The van der Waals surface area contributed by atoms with Crippen molar-refractivity contribution in [3.63, 3.8) is 0 Å². The molecule has 2 N–H and O–H groups in total. The van der Waals surface area contributed by atoms with E-state index in [-0.39, 0.29) is 0 Å². The summed E-state index contributed by atoms with van der Waals surface area (Å²) in [6, 6.07) is 0. The first-order valence-corrected chi connectivity index (χ1v) is 4.17. The first-order valence-electron chi connectivity index (χ1n) is 4.17. The zero-order chi connectivity index (χ0) is 8.53. The largest absolute Gasteiger partial charge is 0.387 e. The molecule has 0 aromatic carbocycles. The summed E-state index contributed by atoms with van der Waals surface area (Å²) >= 11 is 0. The minimum absolute atomic E-state index is 0.698. The topological polar surface area (TPSA) is 47.6 Å². The highest BCUT2D eigenvalue weighted by Crippen LogP contribution is 1.85. The van der Waals surface area contributed by atoms with Gasteiger partial charge < -0.3 is 10.5 Å². The molecule has 0 saturated heterocycles. The van der Waals surface area contributed by atoms with E-state index in [4.69, 9.17) is 10.5 Å². The molecule has 0 aliphatic carbocycles. The summed E-state index contributed by atoms with van der Waals surface area (Å²) in [6.45, 7) is 6.34. The van der Waals surface area contributed by atoms with Gasteiger partial charge in [-0.1, -0.05) is 6.92 Å². The number of ether oxygens (including phenoxy) is 1. The lowest BCUT2D eigenvalue weighted by Crippen LogP contribution is -2.15. The van der Waals surface area contributed by atoms with E-state index in [9.17, 15) is 0 Å². The third kappa shape index (κ3) is 7.33. The van der Waals surface area contributed by atoms with Gasteiger partial charge in [0.05, 0.1) is 12.4 Å². The normalized spacial score (nSPS) is 12.0. The van der Waals surface area contributed by atoms with Crippen molar-refractivity contribution in [2.75, 3.05) is 19.8 Å². The van der Waals surface area contributed by atoms with Gasteiger partial charge in [0.2, 0.25) is 0 Å². The van der Waals surface area contributed by atoms with Crippen LogP contribution in [0.2, 0.25) is 0 Å². The molecule has 0 rings (SSSR count). The zero-order valence-electron chi connectivity index (χ0n) is 7.47. The van der Waals surface area contributed by atoms with Crippen molar-refractivity contribution >= 4 is 5.84 Å². The Hall–Kier alpha value is -0.570. The molecule has 0 heterocycles. The first-order chi connectivity index (χ1) is 5.31. The van der Waals surface area contributed by atoms with Crippen LogP contribution in [0.4, 0.5) is 0 Å². The number of nitrogens with zero attached hydrogens (tertiary/aromatic N) is 1. The molecule has 0 unspecified atom stereocenters. The number of nitrogens with two attached hydrogens (primary N) is 1. The molecule has 0 spiro atoms. The van der Waals surface area contributed by atoms with Crippen LogP contribution >= 0.6 is 0 Å². The summed E-state index contributed by atoms with van der Waals surface area (Å²) in [5.41, 5.74) is 5.54.